The van der Waals surface area contributed by atoms with Gasteiger partial charge in [0.1, 0.15) is 16.9 Å². The smallest absolute Gasteiger partial charge is 0.151 e. The molecule has 2 fully saturated rings. The maximum absolute atomic E-state index is 14.6. The number of hydrogen-bond acceptors (Lipinski definition) is 6. The van der Waals surface area contributed by atoms with Crippen molar-refractivity contribution >= 4 is 17.4 Å². The summed E-state index contributed by atoms with van der Waals surface area (Å²) >= 11 is 1.36. The van der Waals surface area contributed by atoms with Crippen LogP contribution in [0.1, 0.15) is 24.3 Å². The standard InChI is InChI=1S/C19H18FN5OS/c20-18-11(7-12-1-4-15(18)22-12)8-17-23-24-19(27-17)14-3-2-13(9-16(14)26)25-6-5-21-10-25/h2-3,5-6,8-10,12,15,18,22,26H,1,4,7H2/b11-8-/t12?,15?,18-/m0/s1. The highest BCUT2D eigenvalue weighted by molar-refractivity contribution is 7.15. The van der Waals surface area contributed by atoms with Gasteiger partial charge in [-0.25, -0.2) is 9.37 Å². The average molecular weight is 383 g/mol. The SMILES string of the molecule is Oc1cc(-n2ccnc2)ccc1-c1nnc(/C=C2/CC3CCC(N3)[C@H]2F)s1. The number of nitrogens with one attached hydrogen (secondary N) is 1. The predicted octanol–water partition coefficient (Wildman–Crippen LogP) is 3.34. The fourth-order valence-electron chi connectivity index (χ4n) is 3.87. The molecule has 2 bridgehead atoms. The Balaban J connectivity index is 1.42. The minimum Gasteiger partial charge on any atom is -0.507 e. The van der Waals surface area contributed by atoms with E-state index in [4.69, 9.17) is 0 Å². The van der Waals surface area contributed by atoms with E-state index in [0.717, 1.165) is 30.5 Å². The molecule has 5 rings (SSSR count). The molecule has 0 spiro atoms. The van der Waals surface area contributed by atoms with E-state index in [-0.39, 0.29) is 11.8 Å². The number of aromatic hydroxyl groups is 1. The summed E-state index contributed by atoms with van der Waals surface area (Å²) in [6, 6.07) is 5.67. The van der Waals surface area contributed by atoms with Gasteiger partial charge in [0.2, 0.25) is 0 Å². The van der Waals surface area contributed by atoms with Crippen molar-refractivity contribution in [2.45, 2.75) is 37.5 Å². The van der Waals surface area contributed by atoms with Crippen LogP contribution in [0.15, 0.2) is 42.5 Å². The Bertz CT molecular complexity index is 999. The molecule has 2 aliphatic rings. The minimum atomic E-state index is -0.959. The van der Waals surface area contributed by atoms with Crippen molar-refractivity contribution in [2.75, 3.05) is 0 Å². The Labute approximate surface area is 159 Å². The molecular formula is C19H18FN5OS. The number of fused-ring (bicyclic) bond motifs is 2. The summed E-state index contributed by atoms with van der Waals surface area (Å²) in [5, 5.41) is 23.4. The molecule has 8 heteroatoms. The summed E-state index contributed by atoms with van der Waals surface area (Å²) in [5.74, 6) is 0.125. The summed E-state index contributed by atoms with van der Waals surface area (Å²) in [5.41, 5.74) is 2.22. The molecule has 6 nitrogen and oxygen atoms in total. The third-order valence-electron chi connectivity index (χ3n) is 5.23. The van der Waals surface area contributed by atoms with E-state index in [1.54, 1.807) is 18.6 Å². The van der Waals surface area contributed by atoms with Gasteiger partial charge in [-0.15, -0.1) is 10.2 Å². The first kappa shape index (κ1) is 16.6. The molecule has 2 aliphatic heterocycles. The largest absolute Gasteiger partial charge is 0.507 e. The van der Waals surface area contributed by atoms with Crippen molar-refractivity contribution in [3.63, 3.8) is 0 Å². The zero-order valence-electron chi connectivity index (χ0n) is 14.4. The Kier molecular flexibility index (Phi) is 4.02. The van der Waals surface area contributed by atoms with Gasteiger partial charge in [-0.05, 0) is 43.0 Å². The normalized spacial score (nSPS) is 26.0. The van der Waals surface area contributed by atoms with Gasteiger partial charge in [0.15, 0.2) is 5.01 Å². The molecule has 0 radical (unpaired) electrons. The predicted molar refractivity (Wildman–Crippen MR) is 102 cm³/mol. The van der Waals surface area contributed by atoms with E-state index >= 15 is 0 Å². The van der Waals surface area contributed by atoms with Crippen LogP contribution in [0.25, 0.3) is 22.3 Å². The number of aromatic nitrogens is 4. The monoisotopic (exact) mass is 383 g/mol. The molecule has 27 heavy (non-hydrogen) atoms. The van der Waals surface area contributed by atoms with Crippen LogP contribution in [-0.2, 0) is 0 Å². The number of nitrogens with zero attached hydrogens (tertiary/aromatic N) is 4. The first-order valence-electron chi connectivity index (χ1n) is 8.93. The van der Waals surface area contributed by atoms with Gasteiger partial charge in [-0.1, -0.05) is 11.3 Å². The molecule has 4 heterocycles. The van der Waals surface area contributed by atoms with Crippen LogP contribution in [0, 0.1) is 0 Å². The maximum Gasteiger partial charge on any atom is 0.151 e. The number of phenols is 1. The number of benzene rings is 1. The summed E-state index contributed by atoms with van der Waals surface area (Å²) in [6.45, 7) is 0. The lowest BCUT2D eigenvalue weighted by Crippen LogP contribution is -2.42. The number of rotatable bonds is 3. The van der Waals surface area contributed by atoms with Crippen LogP contribution in [0.5, 0.6) is 5.75 Å². The van der Waals surface area contributed by atoms with Crippen LogP contribution in [0.2, 0.25) is 0 Å². The van der Waals surface area contributed by atoms with Gasteiger partial charge in [0.05, 0.1) is 17.6 Å². The van der Waals surface area contributed by atoms with Crippen molar-refractivity contribution in [1.29, 1.82) is 0 Å². The van der Waals surface area contributed by atoms with E-state index in [1.807, 2.05) is 29.0 Å². The average Bonchev–Trinajstić information content (AvgIpc) is 3.41. The first-order chi connectivity index (χ1) is 13.2. The van der Waals surface area contributed by atoms with Crippen LogP contribution in [0.4, 0.5) is 4.39 Å². The van der Waals surface area contributed by atoms with E-state index in [0.29, 0.717) is 21.6 Å². The molecule has 3 aromatic rings. The van der Waals surface area contributed by atoms with Gasteiger partial charge in [0, 0.05) is 30.5 Å². The Hall–Kier alpha value is -2.58. The summed E-state index contributed by atoms with van der Waals surface area (Å²) < 4.78 is 16.4. The zero-order valence-corrected chi connectivity index (χ0v) is 15.2. The lowest BCUT2D eigenvalue weighted by molar-refractivity contribution is 0.270. The second-order valence-corrected chi connectivity index (χ2v) is 8.00. The van der Waals surface area contributed by atoms with Crippen molar-refractivity contribution in [2.24, 2.45) is 0 Å². The third kappa shape index (κ3) is 3.04. The summed E-state index contributed by atoms with van der Waals surface area (Å²) in [4.78, 5) is 4.01. The van der Waals surface area contributed by atoms with Crippen LogP contribution >= 0.6 is 11.3 Å². The third-order valence-corrected chi connectivity index (χ3v) is 6.13. The van der Waals surface area contributed by atoms with Gasteiger partial charge < -0.3 is 15.0 Å². The fraction of sp³-hybridized carbons (Fsp3) is 0.316. The van der Waals surface area contributed by atoms with E-state index in [9.17, 15) is 9.50 Å². The van der Waals surface area contributed by atoms with Gasteiger partial charge in [-0.2, -0.15) is 0 Å². The van der Waals surface area contributed by atoms with Gasteiger partial charge in [0.25, 0.3) is 0 Å². The fourth-order valence-corrected chi connectivity index (χ4v) is 4.72. The van der Waals surface area contributed by atoms with Crippen LogP contribution in [-0.4, -0.2) is 43.1 Å². The number of phenolic OH excluding ortho intramolecular Hbond substituents is 1. The van der Waals surface area contributed by atoms with E-state index in [1.165, 1.54) is 11.3 Å². The molecule has 0 amide bonds. The number of imidazole rings is 1. The van der Waals surface area contributed by atoms with Crippen LogP contribution in [0.3, 0.4) is 0 Å². The van der Waals surface area contributed by atoms with E-state index in [2.05, 4.69) is 20.5 Å². The number of hydrogen-bond donors (Lipinski definition) is 2. The molecule has 2 saturated heterocycles. The quantitative estimate of drug-likeness (QED) is 0.725. The second-order valence-electron chi connectivity index (χ2n) is 6.99. The second kappa shape index (κ2) is 6.54. The molecular weight excluding hydrogens is 365 g/mol. The van der Waals surface area contributed by atoms with Gasteiger partial charge >= 0.3 is 0 Å². The molecule has 2 unspecified atom stereocenters. The maximum atomic E-state index is 14.6. The molecule has 0 aliphatic carbocycles. The van der Waals surface area contributed by atoms with Crippen molar-refractivity contribution in [3.05, 3.63) is 47.5 Å². The number of alkyl halides is 1. The Morgan fingerprint density at radius 2 is 2.22 bits per heavy atom. The molecule has 2 N–H and O–H groups in total. The van der Waals surface area contributed by atoms with Crippen molar-refractivity contribution < 1.29 is 9.50 Å². The van der Waals surface area contributed by atoms with E-state index < -0.39 is 6.17 Å². The Morgan fingerprint density at radius 3 is 3.04 bits per heavy atom. The first-order valence-corrected chi connectivity index (χ1v) is 9.75. The van der Waals surface area contributed by atoms with Gasteiger partial charge in [-0.3, -0.25) is 0 Å². The minimum absolute atomic E-state index is 0.0674. The number of piperidine rings is 1. The number of halogens is 1. The molecule has 0 saturated carbocycles. The molecule has 1 aromatic carbocycles. The lowest BCUT2D eigenvalue weighted by Gasteiger charge is -2.27. The molecule has 3 atom stereocenters. The molecule has 138 valence electrons. The van der Waals surface area contributed by atoms with Crippen molar-refractivity contribution in [1.82, 2.24) is 25.1 Å². The zero-order chi connectivity index (χ0) is 18.4. The molecule has 2 aromatic heterocycles. The highest BCUT2D eigenvalue weighted by Gasteiger charge is 2.38. The highest BCUT2D eigenvalue weighted by atomic mass is 32.1. The van der Waals surface area contributed by atoms with Crippen LogP contribution < -0.4 is 5.32 Å². The Morgan fingerprint density at radius 1 is 1.30 bits per heavy atom. The summed E-state index contributed by atoms with van der Waals surface area (Å²) in [7, 11) is 0. The highest BCUT2D eigenvalue weighted by Crippen LogP contribution is 2.36. The van der Waals surface area contributed by atoms with Crippen molar-refractivity contribution in [3.8, 4) is 22.0 Å². The summed E-state index contributed by atoms with van der Waals surface area (Å²) in [6.07, 6.45) is 8.67. The lowest BCUT2D eigenvalue weighted by atomic mass is 9.97. The topological polar surface area (TPSA) is 75.9 Å².